The molecule has 1 saturated carbocycles. The smallest absolute Gasteiger partial charge is 0.119 e. The van der Waals surface area contributed by atoms with Crippen molar-refractivity contribution in [1.82, 2.24) is 5.32 Å². The van der Waals surface area contributed by atoms with Gasteiger partial charge in [0, 0.05) is 12.6 Å². The lowest BCUT2D eigenvalue weighted by molar-refractivity contribution is 0.112. The van der Waals surface area contributed by atoms with Crippen LogP contribution in [0.2, 0.25) is 0 Å². The zero-order valence-corrected chi connectivity index (χ0v) is 8.42. The fourth-order valence-corrected chi connectivity index (χ4v) is 1.16. The van der Waals surface area contributed by atoms with E-state index in [-0.39, 0.29) is 6.04 Å². The van der Waals surface area contributed by atoms with Crippen molar-refractivity contribution in [2.45, 2.75) is 38.8 Å². The van der Waals surface area contributed by atoms with Gasteiger partial charge in [-0.05, 0) is 32.6 Å². The molecular weight excluding hydrogens is 164 g/mol. The van der Waals surface area contributed by atoms with Gasteiger partial charge in [-0.3, -0.25) is 5.32 Å². The molecule has 1 N–H and O–H groups in total. The lowest BCUT2D eigenvalue weighted by Gasteiger charge is -2.14. The molecule has 0 aliphatic heterocycles. The molecule has 0 aromatic carbocycles. The minimum Gasteiger partial charge on any atom is -0.378 e. The van der Waals surface area contributed by atoms with Crippen LogP contribution in [0.3, 0.4) is 0 Å². The molecule has 0 radical (unpaired) electrons. The maximum atomic E-state index is 8.76. The fraction of sp³-hybridized carbons (Fsp3) is 0.900. The normalized spacial score (nSPS) is 18.6. The van der Waals surface area contributed by atoms with Gasteiger partial charge in [0.2, 0.25) is 0 Å². The van der Waals surface area contributed by atoms with Crippen molar-refractivity contribution < 1.29 is 4.74 Å². The Bertz CT molecular complexity index is 182. The maximum Gasteiger partial charge on any atom is 0.119 e. The molecular formula is C10H18N2O. The third-order valence-electron chi connectivity index (χ3n) is 2.03. The van der Waals surface area contributed by atoms with E-state index >= 15 is 0 Å². The lowest BCUT2D eigenvalue weighted by Crippen LogP contribution is -2.37. The van der Waals surface area contributed by atoms with Crippen molar-refractivity contribution in [3.8, 4) is 6.07 Å². The molecule has 1 unspecified atom stereocenters. The molecule has 1 fully saturated rings. The molecule has 0 amide bonds. The average molecular weight is 182 g/mol. The summed E-state index contributed by atoms with van der Waals surface area (Å²) in [7, 11) is 0. The predicted octanol–water partition coefficient (Wildman–Crippen LogP) is 1.30. The van der Waals surface area contributed by atoms with Crippen LogP contribution in [0.1, 0.15) is 26.7 Å². The minimum absolute atomic E-state index is 0.154. The van der Waals surface area contributed by atoms with E-state index in [0.717, 1.165) is 12.5 Å². The monoisotopic (exact) mass is 182 g/mol. The van der Waals surface area contributed by atoms with Gasteiger partial charge in [0.25, 0.3) is 0 Å². The molecule has 1 atom stereocenters. The lowest BCUT2D eigenvalue weighted by atomic mass is 10.3. The molecule has 0 aromatic rings. The molecule has 0 aromatic heterocycles. The molecule has 0 saturated heterocycles. The average Bonchev–Trinajstić information content (AvgIpc) is 2.85. The van der Waals surface area contributed by atoms with Gasteiger partial charge < -0.3 is 4.74 Å². The van der Waals surface area contributed by atoms with E-state index < -0.39 is 0 Å². The first-order valence-corrected chi connectivity index (χ1v) is 4.95. The summed E-state index contributed by atoms with van der Waals surface area (Å²) in [5.41, 5.74) is 0. The molecule has 0 spiro atoms. The first-order chi connectivity index (χ1) is 6.22. The molecule has 1 aliphatic carbocycles. The van der Waals surface area contributed by atoms with Crippen molar-refractivity contribution in [3.63, 3.8) is 0 Å². The molecule has 3 nitrogen and oxygen atoms in total. The van der Waals surface area contributed by atoms with Gasteiger partial charge in [-0.1, -0.05) is 0 Å². The van der Waals surface area contributed by atoms with Crippen LogP contribution in [-0.2, 0) is 4.74 Å². The topological polar surface area (TPSA) is 45.0 Å². The van der Waals surface area contributed by atoms with Crippen LogP contribution in [0.5, 0.6) is 0 Å². The van der Waals surface area contributed by atoms with Crippen LogP contribution < -0.4 is 5.32 Å². The third-order valence-corrected chi connectivity index (χ3v) is 2.03. The highest BCUT2D eigenvalue weighted by Gasteiger charge is 2.21. The largest absolute Gasteiger partial charge is 0.378 e. The SMILES string of the molecule is CC(C)NC(C#N)COCC1CC1. The Morgan fingerprint density at radius 1 is 1.54 bits per heavy atom. The molecule has 1 aliphatic rings. The van der Waals surface area contributed by atoms with Gasteiger partial charge in [-0.15, -0.1) is 0 Å². The number of nitrogens with zero attached hydrogens (tertiary/aromatic N) is 1. The standard InChI is InChI=1S/C10H18N2O/c1-8(2)12-10(5-11)7-13-6-9-3-4-9/h8-10,12H,3-4,6-7H2,1-2H3. The van der Waals surface area contributed by atoms with Gasteiger partial charge in [0.15, 0.2) is 0 Å². The van der Waals surface area contributed by atoms with Crippen LogP contribution in [0, 0.1) is 17.2 Å². The summed E-state index contributed by atoms with van der Waals surface area (Å²) >= 11 is 0. The van der Waals surface area contributed by atoms with Gasteiger partial charge >= 0.3 is 0 Å². The van der Waals surface area contributed by atoms with E-state index in [4.69, 9.17) is 10.00 Å². The third kappa shape index (κ3) is 4.87. The predicted molar refractivity (Wildman–Crippen MR) is 51.2 cm³/mol. The highest BCUT2D eigenvalue weighted by atomic mass is 16.5. The first-order valence-electron chi connectivity index (χ1n) is 4.95. The highest BCUT2D eigenvalue weighted by molar-refractivity contribution is 4.90. The van der Waals surface area contributed by atoms with Crippen LogP contribution in [0.25, 0.3) is 0 Å². The molecule has 1 rings (SSSR count). The number of ether oxygens (including phenoxy) is 1. The Morgan fingerprint density at radius 2 is 2.23 bits per heavy atom. The Balaban J connectivity index is 2.04. The summed E-state index contributed by atoms with van der Waals surface area (Å²) < 4.78 is 5.43. The number of nitrogens with one attached hydrogen (secondary N) is 1. The van der Waals surface area contributed by atoms with E-state index in [9.17, 15) is 0 Å². The summed E-state index contributed by atoms with van der Waals surface area (Å²) in [6.45, 7) is 5.42. The van der Waals surface area contributed by atoms with E-state index in [2.05, 4.69) is 11.4 Å². The molecule has 0 bridgehead atoms. The maximum absolute atomic E-state index is 8.76. The van der Waals surface area contributed by atoms with Crippen molar-refractivity contribution >= 4 is 0 Å². The molecule has 0 heterocycles. The number of nitriles is 1. The number of hydrogen-bond acceptors (Lipinski definition) is 3. The Hall–Kier alpha value is -0.590. The van der Waals surface area contributed by atoms with E-state index in [1.54, 1.807) is 0 Å². The summed E-state index contributed by atoms with van der Waals surface area (Å²) in [6, 6.07) is 2.38. The van der Waals surface area contributed by atoms with Crippen molar-refractivity contribution in [2.24, 2.45) is 5.92 Å². The quantitative estimate of drug-likeness (QED) is 0.673. The number of rotatable bonds is 6. The molecule has 3 heteroatoms. The number of hydrogen-bond donors (Lipinski definition) is 1. The fourth-order valence-electron chi connectivity index (χ4n) is 1.16. The summed E-state index contributed by atoms with van der Waals surface area (Å²) in [5.74, 6) is 0.776. The van der Waals surface area contributed by atoms with Crippen LogP contribution in [0.15, 0.2) is 0 Å². The van der Waals surface area contributed by atoms with Crippen molar-refractivity contribution in [2.75, 3.05) is 13.2 Å². The van der Waals surface area contributed by atoms with Gasteiger partial charge in [0.05, 0.1) is 12.7 Å². The van der Waals surface area contributed by atoms with Gasteiger partial charge in [-0.2, -0.15) is 5.26 Å². The zero-order chi connectivity index (χ0) is 9.68. The van der Waals surface area contributed by atoms with Crippen molar-refractivity contribution in [3.05, 3.63) is 0 Å². The summed E-state index contributed by atoms with van der Waals surface area (Å²) in [5, 5.41) is 11.9. The molecule has 13 heavy (non-hydrogen) atoms. The summed E-state index contributed by atoms with van der Waals surface area (Å²) in [6.07, 6.45) is 2.60. The second kappa shape index (κ2) is 5.21. The molecule has 74 valence electrons. The van der Waals surface area contributed by atoms with E-state index in [0.29, 0.717) is 12.6 Å². The first kappa shape index (κ1) is 10.5. The van der Waals surface area contributed by atoms with Gasteiger partial charge in [-0.25, -0.2) is 0 Å². The summed E-state index contributed by atoms with van der Waals surface area (Å²) in [4.78, 5) is 0. The minimum atomic E-state index is -0.154. The van der Waals surface area contributed by atoms with Crippen LogP contribution >= 0.6 is 0 Å². The zero-order valence-electron chi connectivity index (χ0n) is 8.42. The van der Waals surface area contributed by atoms with Crippen LogP contribution in [-0.4, -0.2) is 25.3 Å². The highest BCUT2D eigenvalue weighted by Crippen LogP contribution is 2.28. The second-order valence-corrected chi connectivity index (χ2v) is 3.98. The Morgan fingerprint density at radius 3 is 2.69 bits per heavy atom. The second-order valence-electron chi connectivity index (χ2n) is 3.98. The van der Waals surface area contributed by atoms with E-state index in [1.165, 1.54) is 12.8 Å². The van der Waals surface area contributed by atoms with Gasteiger partial charge in [0.1, 0.15) is 6.04 Å². The Labute approximate surface area is 80.1 Å². The Kier molecular flexibility index (Phi) is 4.20. The van der Waals surface area contributed by atoms with Crippen LogP contribution in [0.4, 0.5) is 0 Å². The van der Waals surface area contributed by atoms with E-state index in [1.807, 2.05) is 13.8 Å². The van der Waals surface area contributed by atoms with Crippen molar-refractivity contribution in [1.29, 1.82) is 5.26 Å².